The van der Waals surface area contributed by atoms with E-state index in [1.54, 1.807) is 0 Å². The molecule has 0 amide bonds. The van der Waals surface area contributed by atoms with Gasteiger partial charge in [-0.15, -0.1) is 0 Å². The summed E-state index contributed by atoms with van der Waals surface area (Å²) in [7, 11) is 0. The van der Waals surface area contributed by atoms with E-state index in [2.05, 4.69) is 4.74 Å². The van der Waals surface area contributed by atoms with Gasteiger partial charge in [0.05, 0.1) is 5.56 Å². The van der Waals surface area contributed by atoms with Gasteiger partial charge in [0.2, 0.25) is 0 Å². The van der Waals surface area contributed by atoms with Crippen molar-refractivity contribution in [2.45, 2.75) is 19.2 Å². The van der Waals surface area contributed by atoms with Crippen LogP contribution in [0.5, 0.6) is 0 Å². The first-order valence-corrected chi connectivity index (χ1v) is 4.37. The maximum atomic E-state index is 12.3. The lowest BCUT2D eigenvalue weighted by atomic mass is 10.1. The normalized spacial score (nSPS) is 13.2. The lowest BCUT2D eigenvalue weighted by Gasteiger charge is -2.13. The summed E-state index contributed by atoms with van der Waals surface area (Å²) in [6.07, 6.45) is -6.90. The zero-order chi connectivity index (χ0) is 12.3. The van der Waals surface area contributed by atoms with Gasteiger partial charge < -0.3 is 9.84 Å². The Bertz CT molecular complexity index is 387. The Morgan fingerprint density at radius 3 is 2.56 bits per heavy atom. The summed E-state index contributed by atoms with van der Waals surface area (Å²) < 4.78 is 41.4. The van der Waals surface area contributed by atoms with Crippen molar-refractivity contribution in [1.29, 1.82) is 0 Å². The summed E-state index contributed by atoms with van der Waals surface area (Å²) in [5, 5.41) is 8.33. The van der Waals surface area contributed by atoms with Gasteiger partial charge >= 0.3 is 12.3 Å². The van der Waals surface area contributed by atoms with Gasteiger partial charge in [-0.3, -0.25) is 0 Å². The maximum Gasteiger partial charge on any atom is 0.506 e. The first-order chi connectivity index (χ1) is 7.30. The van der Waals surface area contributed by atoms with E-state index in [1.165, 1.54) is 19.1 Å². The quantitative estimate of drug-likeness (QED) is 0.797. The molecule has 1 atom stereocenters. The fourth-order valence-corrected chi connectivity index (χ4v) is 1.19. The van der Waals surface area contributed by atoms with E-state index < -0.39 is 24.0 Å². The molecule has 88 valence electrons. The molecule has 0 fully saturated rings. The first kappa shape index (κ1) is 12.4. The molecule has 16 heavy (non-hydrogen) atoms. The van der Waals surface area contributed by atoms with Gasteiger partial charge in [0.25, 0.3) is 0 Å². The molecule has 6 heteroatoms. The van der Waals surface area contributed by atoms with Crippen molar-refractivity contribution >= 4 is 6.16 Å². The zero-order valence-electron chi connectivity index (χ0n) is 8.28. The summed E-state index contributed by atoms with van der Waals surface area (Å²) in [5.74, 6) is 0. The number of hydrogen-bond acceptors (Lipinski definition) is 2. The van der Waals surface area contributed by atoms with E-state index in [0.29, 0.717) is 0 Å². The molecule has 0 saturated heterocycles. The highest BCUT2D eigenvalue weighted by molar-refractivity contribution is 5.57. The van der Waals surface area contributed by atoms with Crippen LogP contribution in [0, 0.1) is 0 Å². The lowest BCUT2D eigenvalue weighted by Crippen LogP contribution is -2.09. The number of rotatable bonds is 2. The molecular weight excluding hydrogens is 225 g/mol. The molecule has 0 heterocycles. The molecule has 0 aromatic heterocycles. The summed E-state index contributed by atoms with van der Waals surface area (Å²) in [5.41, 5.74) is -0.664. The summed E-state index contributed by atoms with van der Waals surface area (Å²) in [6, 6.07) is 4.37. The second-order valence-corrected chi connectivity index (χ2v) is 3.15. The third-order valence-corrected chi connectivity index (χ3v) is 1.96. The predicted molar refractivity (Wildman–Crippen MR) is 49.0 cm³/mol. The molecule has 1 aromatic carbocycles. The van der Waals surface area contributed by atoms with E-state index in [4.69, 9.17) is 5.11 Å². The molecule has 1 unspecified atom stereocenters. The third-order valence-electron chi connectivity index (χ3n) is 1.96. The maximum absolute atomic E-state index is 12.3. The standard InChI is InChI=1S/C10H9F3O3/c1-6(16-9(14)15)7-3-2-4-8(5-7)10(11,12)13/h2-6H,1H3,(H,14,15). The Hall–Kier alpha value is -1.72. The van der Waals surface area contributed by atoms with E-state index in [1.807, 2.05) is 0 Å². The van der Waals surface area contributed by atoms with Gasteiger partial charge in [0.15, 0.2) is 0 Å². The number of ether oxygens (including phenoxy) is 1. The zero-order valence-corrected chi connectivity index (χ0v) is 8.28. The number of alkyl halides is 3. The Balaban J connectivity index is 2.94. The number of carboxylic acid groups (broad SMARTS) is 1. The van der Waals surface area contributed by atoms with Crippen LogP contribution in [0.25, 0.3) is 0 Å². The molecule has 1 rings (SSSR count). The third kappa shape index (κ3) is 3.15. The minimum Gasteiger partial charge on any atom is -0.450 e. The van der Waals surface area contributed by atoms with Crippen molar-refractivity contribution in [2.24, 2.45) is 0 Å². The molecule has 0 aliphatic carbocycles. The highest BCUT2D eigenvalue weighted by Gasteiger charge is 2.30. The number of hydrogen-bond donors (Lipinski definition) is 1. The van der Waals surface area contributed by atoms with E-state index in [9.17, 15) is 18.0 Å². The van der Waals surface area contributed by atoms with Gasteiger partial charge in [-0.1, -0.05) is 12.1 Å². The van der Waals surface area contributed by atoms with Gasteiger partial charge in [-0.25, -0.2) is 4.79 Å². The molecule has 3 nitrogen and oxygen atoms in total. The average Bonchev–Trinajstić information content (AvgIpc) is 2.15. The van der Waals surface area contributed by atoms with Crippen LogP contribution in [-0.2, 0) is 10.9 Å². The highest BCUT2D eigenvalue weighted by Crippen LogP contribution is 2.31. The fourth-order valence-electron chi connectivity index (χ4n) is 1.19. The van der Waals surface area contributed by atoms with Crippen LogP contribution in [0.1, 0.15) is 24.2 Å². The van der Waals surface area contributed by atoms with Crippen LogP contribution >= 0.6 is 0 Å². The molecule has 0 spiro atoms. The van der Waals surface area contributed by atoms with Crippen LogP contribution in [0.3, 0.4) is 0 Å². The minimum atomic E-state index is -4.45. The van der Waals surface area contributed by atoms with E-state index >= 15 is 0 Å². The van der Waals surface area contributed by atoms with Crippen molar-refractivity contribution in [2.75, 3.05) is 0 Å². The minimum absolute atomic E-state index is 0.164. The second-order valence-electron chi connectivity index (χ2n) is 3.15. The molecule has 0 aliphatic rings. The van der Waals surface area contributed by atoms with Crippen molar-refractivity contribution in [1.82, 2.24) is 0 Å². The van der Waals surface area contributed by atoms with Crippen molar-refractivity contribution < 1.29 is 27.8 Å². The largest absolute Gasteiger partial charge is 0.506 e. The SMILES string of the molecule is CC(OC(=O)O)c1cccc(C(F)(F)F)c1. The number of carbonyl (C=O) groups is 1. The Labute approximate surface area is 89.5 Å². The molecular formula is C10H9F3O3. The monoisotopic (exact) mass is 234 g/mol. The van der Waals surface area contributed by atoms with E-state index in [-0.39, 0.29) is 5.56 Å². The highest BCUT2D eigenvalue weighted by atomic mass is 19.4. The van der Waals surface area contributed by atoms with Crippen molar-refractivity contribution in [3.63, 3.8) is 0 Å². The van der Waals surface area contributed by atoms with Crippen LogP contribution in [0.15, 0.2) is 24.3 Å². The molecule has 0 bridgehead atoms. The fraction of sp³-hybridized carbons (Fsp3) is 0.300. The smallest absolute Gasteiger partial charge is 0.450 e. The van der Waals surface area contributed by atoms with Crippen LogP contribution in [-0.4, -0.2) is 11.3 Å². The van der Waals surface area contributed by atoms with E-state index in [0.717, 1.165) is 12.1 Å². The van der Waals surface area contributed by atoms with Gasteiger partial charge in [-0.2, -0.15) is 13.2 Å². The Morgan fingerprint density at radius 1 is 1.44 bits per heavy atom. The van der Waals surface area contributed by atoms with Gasteiger partial charge in [0.1, 0.15) is 6.10 Å². The molecule has 0 radical (unpaired) electrons. The summed E-state index contributed by atoms with van der Waals surface area (Å²) in [4.78, 5) is 10.2. The van der Waals surface area contributed by atoms with Crippen molar-refractivity contribution in [3.05, 3.63) is 35.4 Å². The second kappa shape index (κ2) is 4.42. The molecule has 0 saturated carbocycles. The topological polar surface area (TPSA) is 46.5 Å². The van der Waals surface area contributed by atoms with Crippen LogP contribution in [0.2, 0.25) is 0 Å². The summed E-state index contributed by atoms with van der Waals surface area (Å²) in [6.45, 7) is 1.36. The Kier molecular flexibility index (Phi) is 3.41. The van der Waals surface area contributed by atoms with Gasteiger partial charge in [-0.05, 0) is 24.6 Å². The van der Waals surface area contributed by atoms with Crippen LogP contribution in [0.4, 0.5) is 18.0 Å². The first-order valence-electron chi connectivity index (χ1n) is 4.37. The summed E-state index contributed by atoms with van der Waals surface area (Å²) >= 11 is 0. The van der Waals surface area contributed by atoms with Gasteiger partial charge in [0, 0.05) is 0 Å². The number of benzene rings is 1. The number of halogens is 3. The predicted octanol–water partition coefficient (Wildman–Crippen LogP) is 3.46. The lowest BCUT2D eigenvalue weighted by molar-refractivity contribution is -0.137. The van der Waals surface area contributed by atoms with Crippen molar-refractivity contribution in [3.8, 4) is 0 Å². The Morgan fingerprint density at radius 2 is 2.06 bits per heavy atom. The van der Waals surface area contributed by atoms with Crippen LogP contribution < -0.4 is 0 Å². The molecule has 0 aliphatic heterocycles. The molecule has 1 aromatic rings. The average molecular weight is 234 g/mol. The molecule has 1 N–H and O–H groups in total.